The van der Waals surface area contributed by atoms with E-state index in [-0.39, 0.29) is 6.10 Å². The lowest BCUT2D eigenvalue weighted by molar-refractivity contribution is -0.119. The second kappa shape index (κ2) is 4.55. The summed E-state index contributed by atoms with van der Waals surface area (Å²) in [4.78, 5) is 12.7. The third-order valence-corrected chi connectivity index (χ3v) is 2.38. The summed E-state index contributed by atoms with van der Waals surface area (Å²) in [5.74, 6) is -0.467. The molecule has 0 saturated carbocycles. The Kier molecular flexibility index (Phi) is 3.65. The number of nitrogens with two attached hydrogens (primary N) is 2. The van der Waals surface area contributed by atoms with E-state index in [1.807, 2.05) is 0 Å². The number of hydrogen-bond acceptors (Lipinski definition) is 4. The van der Waals surface area contributed by atoms with Gasteiger partial charge in [0.05, 0.1) is 12.1 Å². The highest BCUT2D eigenvalue weighted by Crippen LogP contribution is 2.09. The van der Waals surface area contributed by atoms with Gasteiger partial charge in [0.25, 0.3) is 0 Å². The number of carbonyl (C=O) groups is 1. The van der Waals surface area contributed by atoms with Crippen molar-refractivity contribution in [1.82, 2.24) is 4.90 Å². The van der Waals surface area contributed by atoms with Gasteiger partial charge in [-0.3, -0.25) is 4.79 Å². The predicted octanol–water partition coefficient (Wildman–Crippen LogP) is -1.74. The molecule has 5 nitrogen and oxygen atoms in total. The highest BCUT2D eigenvalue weighted by molar-refractivity contribution is 5.79. The van der Waals surface area contributed by atoms with E-state index >= 15 is 0 Å². The number of hydrogen-bond donors (Lipinski definition) is 3. The van der Waals surface area contributed by atoms with E-state index in [1.54, 1.807) is 0 Å². The summed E-state index contributed by atoms with van der Waals surface area (Å²) in [6.45, 7) is 2.09. The van der Waals surface area contributed by atoms with E-state index in [2.05, 4.69) is 4.90 Å². The van der Waals surface area contributed by atoms with Gasteiger partial charge in [-0.05, 0) is 12.8 Å². The number of rotatable bonds is 3. The quantitative estimate of drug-likeness (QED) is 0.489. The van der Waals surface area contributed by atoms with Gasteiger partial charge in [-0.2, -0.15) is 0 Å². The van der Waals surface area contributed by atoms with Gasteiger partial charge < -0.3 is 21.5 Å². The second-order valence-corrected chi connectivity index (χ2v) is 3.54. The molecule has 1 aliphatic rings. The third kappa shape index (κ3) is 3.30. The van der Waals surface area contributed by atoms with Crippen LogP contribution >= 0.6 is 0 Å². The Balaban J connectivity index is 2.26. The molecule has 0 aromatic rings. The van der Waals surface area contributed by atoms with Crippen molar-refractivity contribution >= 4 is 5.91 Å². The number of amides is 1. The number of likely N-dealkylation sites (tertiary alicyclic amines) is 1. The topological polar surface area (TPSA) is 92.6 Å². The zero-order valence-electron chi connectivity index (χ0n) is 7.65. The summed E-state index contributed by atoms with van der Waals surface area (Å²) in [5.41, 5.74) is 10.5. The molecule has 1 unspecified atom stereocenters. The smallest absolute Gasteiger partial charge is 0.235 e. The van der Waals surface area contributed by atoms with Crippen LogP contribution < -0.4 is 11.5 Å². The van der Waals surface area contributed by atoms with Crippen LogP contribution in [0.1, 0.15) is 12.8 Å². The second-order valence-electron chi connectivity index (χ2n) is 3.54. The van der Waals surface area contributed by atoms with Crippen molar-refractivity contribution in [2.75, 3.05) is 19.6 Å². The van der Waals surface area contributed by atoms with Crippen molar-refractivity contribution in [3.8, 4) is 0 Å². The van der Waals surface area contributed by atoms with Crippen molar-refractivity contribution in [3.63, 3.8) is 0 Å². The monoisotopic (exact) mass is 187 g/mol. The molecule has 1 atom stereocenters. The number of piperidine rings is 1. The highest BCUT2D eigenvalue weighted by atomic mass is 16.3. The first-order chi connectivity index (χ1) is 6.09. The van der Waals surface area contributed by atoms with Gasteiger partial charge in [0.1, 0.15) is 0 Å². The molecule has 0 radical (unpaired) electrons. The van der Waals surface area contributed by atoms with Crippen LogP contribution in [-0.2, 0) is 4.79 Å². The summed E-state index contributed by atoms with van der Waals surface area (Å²) < 4.78 is 0. The maximum absolute atomic E-state index is 10.7. The summed E-state index contributed by atoms with van der Waals surface area (Å²) in [6.07, 6.45) is 1.32. The van der Waals surface area contributed by atoms with Crippen LogP contribution in [0.4, 0.5) is 0 Å². The minimum Gasteiger partial charge on any atom is -0.393 e. The molecule has 76 valence electrons. The first kappa shape index (κ1) is 10.4. The lowest BCUT2D eigenvalue weighted by atomic mass is 10.1. The SMILES string of the molecule is NC(=O)C(N)CN1CCC(O)CC1. The van der Waals surface area contributed by atoms with Gasteiger partial charge in [-0.25, -0.2) is 0 Å². The fourth-order valence-electron chi connectivity index (χ4n) is 1.47. The van der Waals surface area contributed by atoms with Crippen molar-refractivity contribution in [1.29, 1.82) is 0 Å². The number of primary amides is 1. The minimum absolute atomic E-state index is 0.193. The Morgan fingerprint density at radius 1 is 1.54 bits per heavy atom. The summed E-state index contributed by atoms with van der Waals surface area (Å²) >= 11 is 0. The van der Waals surface area contributed by atoms with Crippen LogP contribution in [0.15, 0.2) is 0 Å². The Morgan fingerprint density at radius 2 is 2.08 bits per heavy atom. The molecule has 1 heterocycles. The van der Waals surface area contributed by atoms with Crippen LogP contribution in [0.5, 0.6) is 0 Å². The van der Waals surface area contributed by atoms with Gasteiger partial charge in [0, 0.05) is 19.6 Å². The minimum atomic E-state index is -0.588. The third-order valence-electron chi connectivity index (χ3n) is 2.38. The molecule has 0 spiro atoms. The molecular formula is C8H17N3O2. The highest BCUT2D eigenvalue weighted by Gasteiger charge is 2.20. The molecule has 1 saturated heterocycles. The Labute approximate surface area is 77.7 Å². The molecule has 13 heavy (non-hydrogen) atoms. The van der Waals surface area contributed by atoms with Gasteiger partial charge >= 0.3 is 0 Å². The van der Waals surface area contributed by atoms with Crippen LogP contribution in [0.2, 0.25) is 0 Å². The predicted molar refractivity (Wildman–Crippen MR) is 48.9 cm³/mol. The number of aliphatic hydroxyl groups excluding tert-OH is 1. The fraction of sp³-hybridized carbons (Fsp3) is 0.875. The lowest BCUT2D eigenvalue weighted by Gasteiger charge is -2.30. The molecule has 5 N–H and O–H groups in total. The molecule has 1 fully saturated rings. The van der Waals surface area contributed by atoms with E-state index in [1.165, 1.54) is 0 Å². The van der Waals surface area contributed by atoms with Gasteiger partial charge in [-0.15, -0.1) is 0 Å². The van der Waals surface area contributed by atoms with Crippen molar-refractivity contribution < 1.29 is 9.90 Å². The van der Waals surface area contributed by atoms with Gasteiger partial charge in [-0.1, -0.05) is 0 Å². The molecule has 0 aliphatic carbocycles. The summed E-state index contributed by atoms with van der Waals surface area (Å²) in [6, 6.07) is -0.588. The Hall–Kier alpha value is -0.650. The summed E-state index contributed by atoms with van der Waals surface area (Å²) in [7, 11) is 0. The Bertz CT molecular complexity index is 178. The zero-order valence-corrected chi connectivity index (χ0v) is 7.65. The maximum Gasteiger partial charge on any atom is 0.235 e. The van der Waals surface area contributed by atoms with E-state index in [0.29, 0.717) is 6.54 Å². The van der Waals surface area contributed by atoms with Crippen LogP contribution in [-0.4, -0.2) is 47.7 Å². The zero-order chi connectivity index (χ0) is 9.84. The molecule has 5 heteroatoms. The van der Waals surface area contributed by atoms with Gasteiger partial charge in [0.15, 0.2) is 0 Å². The van der Waals surface area contributed by atoms with Crippen LogP contribution in [0, 0.1) is 0 Å². The molecule has 0 aromatic carbocycles. The first-order valence-electron chi connectivity index (χ1n) is 4.55. The molecule has 0 aromatic heterocycles. The molecular weight excluding hydrogens is 170 g/mol. The van der Waals surface area contributed by atoms with Crippen molar-refractivity contribution in [2.45, 2.75) is 25.0 Å². The van der Waals surface area contributed by atoms with E-state index in [0.717, 1.165) is 25.9 Å². The molecule has 1 rings (SSSR count). The lowest BCUT2D eigenvalue weighted by Crippen LogP contribution is -2.48. The molecule has 1 amide bonds. The molecule has 0 bridgehead atoms. The summed E-state index contributed by atoms with van der Waals surface area (Å²) in [5, 5.41) is 9.22. The van der Waals surface area contributed by atoms with E-state index < -0.39 is 11.9 Å². The standard InChI is InChI=1S/C8H17N3O2/c9-7(8(10)13)5-11-3-1-6(12)2-4-11/h6-7,12H,1-5,9H2,(H2,10,13). The van der Waals surface area contributed by atoms with Crippen LogP contribution in [0.25, 0.3) is 0 Å². The number of nitrogens with zero attached hydrogens (tertiary/aromatic N) is 1. The average molecular weight is 187 g/mol. The van der Waals surface area contributed by atoms with Crippen LogP contribution in [0.3, 0.4) is 0 Å². The Morgan fingerprint density at radius 3 is 2.54 bits per heavy atom. The van der Waals surface area contributed by atoms with Crippen molar-refractivity contribution in [3.05, 3.63) is 0 Å². The molecule has 1 aliphatic heterocycles. The fourth-order valence-corrected chi connectivity index (χ4v) is 1.47. The van der Waals surface area contributed by atoms with E-state index in [9.17, 15) is 9.90 Å². The van der Waals surface area contributed by atoms with Crippen molar-refractivity contribution in [2.24, 2.45) is 11.5 Å². The average Bonchev–Trinajstić information content (AvgIpc) is 2.08. The number of aliphatic hydroxyl groups is 1. The first-order valence-corrected chi connectivity index (χ1v) is 4.55. The largest absolute Gasteiger partial charge is 0.393 e. The maximum atomic E-state index is 10.7. The number of carbonyl (C=O) groups excluding carboxylic acids is 1. The normalized spacial score (nSPS) is 22.9. The van der Waals surface area contributed by atoms with Gasteiger partial charge in [0.2, 0.25) is 5.91 Å². The van der Waals surface area contributed by atoms with E-state index in [4.69, 9.17) is 11.5 Å².